The van der Waals surface area contributed by atoms with Crippen LogP contribution in [0.15, 0.2) is 18.3 Å². The van der Waals surface area contributed by atoms with Crippen LogP contribution in [-0.4, -0.2) is 50.9 Å². The zero-order chi connectivity index (χ0) is 29.7. The average molecular weight is 563 g/mol. The summed E-state index contributed by atoms with van der Waals surface area (Å²) in [6, 6.07) is 3.56. The van der Waals surface area contributed by atoms with Crippen molar-refractivity contribution in [3.05, 3.63) is 29.5 Å². The number of hydrogen-bond donors (Lipinski definition) is 0. The van der Waals surface area contributed by atoms with E-state index >= 15 is 0 Å². The maximum absolute atomic E-state index is 14.1. The van der Waals surface area contributed by atoms with Gasteiger partial charge in [-0.05, 0) is 87.8 Å². The summed E-state index contributed by atoms with van der Waals surface area (Å²) in [7, 11) is 0. The first kappa shape index (κ1) is 29.5. The zero-order valence-corrected chi connectivity index (χ0v) is 25.7. The number of amides is 1. The normalized spacial score (nSPS) is 26.7. The van der Waals surface area contributed by atoms with E-state index in [2.05, 4.69) is 19.9 Å². The molecule has 1 saturated carbocycles. The van der Waals surface area contributed by atoms with Gasteiger partial charge >= 0.3 is 0 Å². The van der Waals surface area contributed by atoms with Crippen LogP contribution in [0.5, 0.6) is 5.75 Å². The minimum atomic E-state index is -0.434. The van der Waals surface area contributed by atoms with Gasteiger partial charge in [-0.25, -0.2) is 0 Å². The molecule has 1 aromatic heterocycles. The van der Waals surface area contributed by atoms with Crippen molar-refractivity contribution in [2.45, 2.75) is 130 Å². The number of hydrogen-bond acceptors (Lipinski definition) is 5. The van der Waals surface area contributed by atoms with Crippen molar-refractivity contribution in [3.8, 4) is 5.75 Å². The number of ether oxygens (including phenoxy) is 1. The third-order valence-electron chi connectivity index (χ3n) is 9.63. The molecule has 5 rings (SSSR count). The molecule has 0 spiro atoms. The Morgan fingerprint density at radius 1 is 1.07 bits per heavy atom. The highest BCUT2D eigenvalue weighted by molar-refractivity contribution is 6.08. The van der Waals surface area contributed by atoms with Gasteiger partial charge in [-0.1, -0.05) is 27.2 Å². The van der Waals surface area contributed by atoms with Crippen LogP contribution < -0.4 is 4.74 Å². The van der Waals surface area contributed by atoms with Crippen LogP contribution >= 0.6 is 0 Å². The Bertz CT molecular complexity index is 1390. The van der Waals surface area contributed by atoms with Gasteiger partial charge in [0, 0.05) is 42.5 Å². The fourth-order valence-corrected chi connectivity index (χ4v) is 7.54. The highest BCUT2D eigenvalue weighted by Crippen LogP contribution is 2.62. The highest BCUT2D eigenvalue weighted by atomic mass is 16.5. The number of aromatic nitrogens is 1. The lowest BCUT2D eigenvalue weighted by atomic mass is 9.80. The molecule has 3 heterocycles. The van der Waals surface area contributed by atoms with E-state index in [4.69, 9.17) is 4.74 Å². The van der Waals surface area contributed by atoms with E-state index in [0.717, 1.165) is 60.7 Å². The Balaban J connectivity index is 1.59. The molecule has 2 aromatic rings. The second-order valence-electron chi connectivity index (χ2n) is 13.9. The molecule has 2 bridgehead atoms. The molecule has 3 aliphatic rings. The zero-order valence-electron chi connectivity index (χ0n) is 25.7. The number of aryl methyl sites for hydroxylation is 1. The monoisotopic (exact) mass is 562 g/mol. The van der Waals surface area contributed by atoms with Crippen molar-refractivity contribution in [2.24, 2.45) is 10.8 Å². The topological polar surface area (TPSA) is 85.7 Å². The number of carbonyl (C=O) groups excluding carboxylic acids is 4. The van der Waals surface area contributed by atoms with E-state index in [-0.39, 0.29) is 52.8 Å². The molecule has 0 unspecified atom stereocenters. The van der Waals surface area contributed by atoms with Crippen LogP contribution in [0.25, 0.3) is 10.9 Å². The Morgan fingerprint density at radius 3 is 2.51 bits per heavy atom. The highest BCUT2D eigenvalue weighted by Gasteiger charge is 2.66. The summed E-state index contributed by atoms with van der Waals surface area (Å²) in [4.78, 5) is 54.8. The largest absolute Gasteiger partial charge is 0.491 e. The maximum Gasteiger partial charge on any atom is 0.243 e. The molecule has 222 valence electrons. The van der Waals surface area contributed by atoms with Crippen molar-refractivity contribution < 1.29 is 23.9 Å². The Hall–Kier alpha value is -2.96. The molecule has 2 fully saturated rings. The molecule has 7 nitrogen and oxygen atoms in total. The summed E-state index contributed by atoms with van der Waals surface area (Å²) in [6.45, 7) is 11.8. The van der Waals surface area contributed by atoms with Crippen LogP contribution in [-0.2, 0) is 27.3 Å². The van der Waals surface area contributed by atoms with Crippen LogP contribution in [0.4, 0.5) is 0 Å². The molecular weight excluding hydrogens is 516 g/mol. The van der Waals surface area contributed by atoms with E-state index in [1.54, 1.807) is 6.92 Å². The third kappa shape index (κ3) is 5.87. The van der Waals surface area contributed by atoms with Crippen molar-refractivity contribution in [3.63, 3.8) is 0 Å². The molecule has 1 aliphatic carbocycles. The van der Waals surface area contributed by atoms with Crippen LogP contribution in [0, 0.1) is 10.8 Å². The smallest absolute Gasteiger partial charge is 0.243 e. The molecule has 0 radical (unpaired) electrons. The summed E-state index contributed by atoms with van der Waals surface area (Å²) in [5.74, 6) is 0.962. The summed E-state index contributed by atoms with van der Waals surface area (Å²) >= 11 is 0. The van der Waals surface area contributed by atoms with Gasteiger partial charge in [0.2, 0.25) is 5.91 Å². The average Bonchev–Trinajstić information content (AvgIpc) is 3.30. The van der Waals surface area contributed by atoms with E-state index in [1.807, 2.05) is 42.5 Å². The number of ketones is 3. The minimum Gasteiger partial charge on any atom is -0.491 e. The fourth-order valence-electron chi connectivity index (χ4n) is 7.54. The lowest BCUT2D eigenvalue weighted by Crippen LogP contribution is -2.44. The molecule has 3 atom stereocenters. The van der Waals surface area contributed by atoms with Crippen LogP contribution in [0.3, 0.4) is 0 Å². The second kappa shape index (κ2) is 11.0. The quantitative estimate of drug-likeness (QED) is 0.390. The van der Waals surface area contributed by atoms with Gasteiger partial charge in [0.15, 0.2) is 11.6 Å². The first-order chi connectivity index (χ1) is 19.3. The molecule has 7 heteroatoms. The van der Waals surface area contributed by atoms with Crippen molar-refractivity contribution >= 4 is 34.2 Å². The van der Waals surface area contributed by atoms with E-state index in [0.29, 0.717) is 31.2 Å². The minimum absolute atomic E-state index is 0.00612. The number of carbonyl (C=O) groups is 4. The molecule has 2 aliphatic heterocycles. The van der Waals surface area contributed by atoms with E-state index in [9.17, 15) is 19.2 Å². The van der Waals surface area contributed by atoms with Crippen LogP contribution in [0.1, 0.15) is 115 Å². The van der Waals surface area contributed by atoms with Crippen molar-refractivity contribution in [2.75, 3.05) is 0 Å². The molecule has 1 amide bonds. The van der Waals surface area contributed by atoms with Gasteiger partial charge in [-0.15, -0.1) is 0 Å². The van der Waals surface area contributed by atoms with Gasteiger partial charge in [0.1, 0.15) is 18.1 Å². The van der Waals surface area contributed by atoms with E-state index < -0.39 is 6.04 Å². The van der Waals surface area contributed by atoms with Gasteiger partial charge in [-0.3, -0.25) is 19.2 Å². The summed E-state index contributed by atoms with van der Waals surface area (Å²) in [5.41, 5.74) is 2.33. The van der Waals surface area contributed by atoms with Gasteiger partial charge in [-0.2, -0.15) is 0 Å². The lowest BCUT2D eigenvalue weighted by molar-refractivity contribution is -0.139. The maximum atomic E-state index is 14.1. The summed E-state index contributed by atoms with van der Waals surface area (Å²) in [5, 5.41) is 0.811. The molecule has 0 N–H and O–H groups in total. The molecule has 41 heavy (non-hydrogen) atoms. The first-order valence-electron chi connectivity index (χ1n) is 15.5. The lowest BCUT2D eigenvalue weighted by Gasteiger charge is -2.27. The third-order valence-corrected chi connectivity index (χ3v) is 9.63. The van der Waals surface area contributed by atoms with E-state index in [1.165, 1.54) is 0 Å². The molecular formula is C34H46N2O5. The summed E-state index contributed by atoms with van der Waals surface area (Å²) < 4.78 is 8.03. The van der Waals surface area contributed by atoms with Gasteiger partial charge < -0.3 is 14.2 Å². The second-order valence-corrected chi connectivity index (χ2v) is 13.9. The Kier molecular flexibility index (Phi) is 7.95. The molecule has 1 saturated heterocycles. The van der Waals surface area contributed by atoms with Crippen molar-refractivity contribution in [1.29, 1.82) is 0 Å². The number of piperidine rings is 1. The van der Waals surface area contributed by atoms with Crippen molar-refractivity contribution in [1.82, 2.24) is 9.47 Å². The summed E-state index contributed by atoms with van der Waals surface area (Å²) in [6.07, 6.45) is 9.15. The number of rotatable bonds is 5. The van der Waals surface area contributed by atoms with Crippen LogP contribution in [0.2, 0.25) is 0 Å². The number of Topliss-reactive ketones (excluding diaryl/α,β-unsaturated/α-hetero) is 3. The Morgan fingerprint density at radius 2 is 1.83 bits per heavy atom. The first-order valence-corrected chi connectivity index (χ1v) is 15.5. The number of benzene rings is 1. The fraction of sp³-hybridized carbons (Fsp3) is 0.647. The van der Waals surface area contributed by atoms with Gasteiger partial charge in [0.25, 0.3) is 0 Å². The standard InChI is InChI=1S/C34H46N2O5/c1-7-29(39)28-17-34-13-11-24(38)16-33(5,6)12-9-8-10-23-14-25(41-21(2)3)15-26-27(22(4)37)19-35(32(23)26)20-31(40)36(28)30(34)18-34/h14-15,19,21,28,30H,7-13,16-18,20H2,1-6H3/t28-,30+,34-/m0/s1. The predicted octanol–water partition coefficient (Wildman–Crippen LogP) is 6.46. The Labute approximate surface area is 244 Å². The SMILES string of the molecule is CCC(=O)[C@@H]1C[C@]23CCC(=O)CC(C)(C)CCCCc4cc(OC(C)C)cc5c(C(C)=O)cn(c45)CC(=O)N1[C@@H]2C3. The predicted molar refractivity (Wildman–Crippen MR) is 159 cm³/mol. The van der Waals surface area contributed by atoms with Gasteiger partial charge in [0.05, 0.1) is 17.7 Å². The molecule has 1 aromatic carbocycles. The number of nitrogens with zero attached hydrogens (tertiary/aromatic N) is 2.